The Morgan fingerprint density at radius 1 is 1.00 bits per heavy atom. The fourth-order valence-electron chi connectivity index (χ4n) is 3.98. The highest BCUT2D eigenvalue weighted by molar-refractivity contribution is 9.11. The number of hydrogen-bond donors (Lipinski definition) is 0. The van der Waals surface area contributed by atoms with Crippen LogP contribution in [0.3, 0.4) is 0 Å². The number of nitrogens with zero attached hydrogens (tertiary/aromatic N) is 3. The van der Waals surface area contributed by atoms with Gasteiger partial charge in [-0.3, -0.25) is 4.98 Å². The average molecular weight is 486 g/mol. The highest BCUT2D eigenvalue weighted by Crippen LogP contribution is 2.31. The van der Waals surface area contributed by atoms with E-state index < -0.39 is 10.0 Å². The summed E-state index contributed by atoms with van der Waals surface area (Å²) in [7, 11) is -3.36. The van der Waals surface area contributed by atoms with Crippen LogP contribution in [-0.4, -0.2) is 60.9 Å². The van der Waals surface area contributed by atoms with Gasteiger partial charge in [0.2, 0.25) is 0 Å². The van der Waals surface area contributed by atoms with Gasteiger partial charge in [-0.25, -0.2) is 8.42 Å². The number of aromatic nitrogens is 1. The number of ether oxygens (including phenoxy) is 1. The van der Waals surface area contributed by atoms with Gasteiger partial charge in [-0.15, -0.1) is 11.3 Å². The van der Waals surface area contributed by atoms with E-state index in [1.807, 2.05) is 12.1 Å². The lowest BCUT2D eigenvalue weighted by Gasteiger charge is -2.41. The van der Waals surface area contributed by atoms with Crippen LogP contribution in [0.15, 0.2) is 44.7 Å². The maximum atomic E-state index is 12.8. The zero-order valence-corrected chi connectivity index (χ0v) is 18.8. The van der Waals surface area contributed by atoms with Crippen molar-refractivity contribution in [1.82, 2.24) is 14.2 Å². The van der Waals surface area contributed by atoms with Crippen molar-refractivity contribution in [3.05, 3.63) is 40.4 Å². The number of likely N-dealkylation sites (tertiary alicyclic amines) is 1. The van der Waals surface area contributed by atoms with E-state index in [4.69, 9.17) is 4.74 Å². The Hall–Kier alpha value is -1.00. The van der Waals surface area contributed by atoms with Gasteiger partial charge < -0.3 is 9.64 Å². The third-order valence-corrected chi connectivity index (χ3v) is 9.50. The van der Waals surface area contributed by atoms with Crippen LogP contribution in [0.5, 0.6) is 5.75 Å². The summed E-state index contributed by atoms with van der Waals surface area (Å²) in [5.74, 6) is 0.882. The van der Waals surface area contributed by atoms with Crippen molar-refractivity contribution in [3.63, 3.8) is 0 Å². The first-order valence-electron chi connectivity index (χ1n) is 9.58. The third kappa shape index (κ3) is 4.59. The SMILES string of the molecule is O=S(=O)(c1ccc(Br)s1)N1CCC(N2CCC(Oc3ccncc3)CC2)CC1. The smallest absolute Gasteiger partial charge is 0.252 e. The van der Waals surface area contributed by atoms with Crippen LogP contribution in [-0.2, 0) is 10.0 Å². The Kier molecular flexibility index (Phi) is 6.37. The second kappa shape index (κ2) is 8.79. The van der Waals surface area contributed by atoms with Gasteiger partial charge in [-0.2, -0.15) is 4.31 Å². The number of rotatable bonds is 5. The van der Waals surface area contributed by atoms with Gasteiger partial charge in [0, 0.05) is 44.6 Å². The molecule has 9 heteroatoms. The molecule has 0 N–H and O–H groups in total. The van der Waals surface area contributed by atoms with Gasteiger partial charge >= 0.3 is 0 Å². The molecule has 2 aliphatic heterocycles. The molecule has 2 saturated heterocycles. The van der Waals surface area contributed by atoms with E-state index in [0.717, 1.165) is 48.3 Å². The molecule has 0 atom stereocenters. The molecule has 152 valence electrons. The Balaban J connectivity index is 1.27. The minimum absolute atomic E-state index is 0.247. The summed E-state index contributed by atoms with van der Waals surface area (Å²) >= 11 is 4.63. The van der Waals surface area contributed by atoms with Crippen molar-refractivity contribution < 1.29 is 13.2 Å². The molecule has 2 aromatic heterocycles. The highest BCUT2D eigenvalue weighted by atomic mass is 79.9. The quantitative estimate of drug-likeness (QED) is 0.647. The maximum Gasteiger partial charge on any atom is 0.252 e. The van der Waals surface area contributed by atoms with Crippen LogP contribution in [0.25, 0.3) is 0 Å². The molecule has 0 spiro atoms. The normalized spacial score (nSPS) is 21.0. The van der Waals surface area contributed by atoms with E-state index >= 15 is 0 Å². The second-order valence-corrected chi connectivity index (χ2v) is 11.9. The molecule has 6 nitrogen and oxygen atoms in total. The van der Waals surface area contributed by atoms with Gasteiger partial charge in [0.05, 0.1) is 3.79 Å². The van der Waals surface area contributed by atoms with E-state index in [1.54, 1.807) is 28.8 Å². The van der Waals surface area contributed by atoms with Gasteiger partial charge in [0.15, 0.2) is 0 Å². The molecule has 2 aliphatic rings. The lowest BCUT2D eigenvalue weighted by molar-refractivity contribution is 0.0585. The summed E-state index contributed by atoms with van der Waals surface area (Å²) < 4.78 is 34.5. The third-order valence-electron chi connectivity index (χ3n) is 5.51. The monoisotopic (exact) mass is 485 g/mol. The van der Waals surface area contributed by atoms with E-state index in [9.17, 15) is 8.42 Å². The zero-order chi connectivity index (χ0) is 19.6. The summed E-state index contributed by atoms with van der Waals surface area (Å²) in [6.45, 7) is 3.20. The van der Waals surface area contributed by atoms with Gasteiger partial charge in [-0.05, 0) is 65.9 Å². The second-order valence-electron chi connectivity index (χ2n) is 7.23. The lowest BCUT2D eigenvalue weighted by Crippen LogP contribution is -2.50. The summed E-state index contributed by atoms with van der Waals surface area (Å²) in [6.07, 6.45) is 7.54. The van der Waals surface area contributed by atoms with E-state index in [2.05, 4.69) is 25.8 Å². The molecule has 4 heterocycles. The Bertz CT molecular complexity index is 875. The van der Waals surface area contributed by atoms with Crippen molar-refractivity contribution in [2.45, 2.75) is 42.0 Å². The first-order chi connectivity index (χ1) is 13.5. The number of hydrogen-bond acceptors (Lipinski definition) is 6. The molecular weight excluding hydrogens is 462 g/mol. The average Bonchev–Trinajstić information content (AvgIpc) is 3.17. The number of thiophene rings is 1. The molecule has 0 radical (unpaired) electrons. The largest absolute Gasteiger partial charge is 0.490 e. The fraction of sp³-hybridized carbons (Fsp3) is 0.526. The zero-order valence-electron chi connectivity index (χ0n) is 15.5. The van der Waals surface area contributed by atoms with Crippen LogP contribution in [0.4, 0.5) is 0 Å². The van der Waals surface area contributed by atoms with Crippen molar-refractivity contribution in [3.8, 4) is 5.75 Å². The summed E-state index contributed by atoms with van der Waals surface area (Å²) in [5, 5.41) is 0. The predicted molar refractivity (Wildman–Crippen MR) is 113 cm³/mol. The Morgan fingerprint density at radius 2 is 1.68 bits per heavy atom. The standard InChI is InChI=1S/C19H24BrN3O3S2/c20-18-1-2-19(27-18)28(24,25)23-13-5-15(6-14-23)22-11-7-17(8-12-22)26-16-3-9-21-10-4-16/h1-4,9-10,15,17H,5-8,11-14H2. The molecule has 0 bridgehead atoms. The van der Waals surface area contributed by atoms with Crippen LogP contribution < -0.4 is 4.74 Å². The van der Waals surface area contributed by atoms with Gasteiger partial charge in [-0.1, -0.05) is 0 Å². The first kappa shape index (κ1) is 20.3. The van der Waals surface area contributed by atoms with Crippen molar-refractivity contribution >= 4 is 37.3 Å². The maximum absolute atomic E-state index is 12.8. The Morgan fingerprint density at radius 3 is 2.29 bits per heavy atom. The van der Waals surface area contributed by atoms with E-state index in [1.165, 1.54) is 11.3 Å². The molecule has 2 aromatic rings. The summed E-state index contributed by atoms with van der Waals surface area (Å²) in [6, 6.07) is 7.73. The van der Waals surface area contributed by atoms with Crippen LogP contribution in [0.2, 0.25) is 0 Å². The molecule has 0 amide bonds. The Labute approximate surface area is 178 Å². The van der Waals surface area contributed by atoms with Crippen LogP contribution in [0.1, 0.15) is 25.7 Å². The molecule has 2 fully saturated rings. The molecule has 28 heavy (non-hydrogen) atoms. The number of sulfonamides is 1. The van der Waals surface area contributed by atoms with Crippen LogP contribution in [0, 0.1) is 0 Å². The van der Waals surface area contributed by atoms with Crippen molar-refractivity contribution in [2.75, 3.05) is 26.2 Å². The van der Waals surface area contributed by atoms with Gasteiger partial charge in [0.1, 0.15) is 16.1 Å². The summed E-state index contributed by atoms with van der Waals surface area (Å²) in [5.41, 5.74) is 0. The highest BCUT2D eigenvalue weighted by Gasteiger charge is 2.34. The minimum atomic E-state index is -3.36. The first-order valence-corrected chi connectivity index (χ1v) is 12.6. The predicted octanol–water partition coefficient (Wildman–Crippen LogP) is 3.60. The van der Waals surface area contributed by atoms with Crippen molar-refractivity contribution in [1.29, 1.82) is 0 Å². The summed E-state index contributed by atoms with van der Waals surface area (Å²) in [4.78, 5) is 6.53. The minimum Gasteiger partial charge on any atom is -0.490 e. The molecule has 0 saturated carbocycles. The topological polar surface area (TPSA) is 62.7 Å². The molecule has 0 aromatic carbocycles. The molecule has 4 rings (SSSR count). The van der Waals surface area contributed by atoms with Gasteiger partial charge in [0.25, 0.3) is 10.0 Å². The molecule has 0 unspecified atom stereocenters. The number of halogens is 1. The number of piperidine rings is 2. The van der Waals surface area contributed by atoms with E-state index in [0.29, 0.717) is 23.3 Å². The van der Waals surface area contributed by atoms with Crippen molar-refractivity contribution in [2.24, 2.45) is 0 Å². The van der Waals surface area contributed by atoms with E-state index in [-0.39, 0.29) is 6.10 Å². The number of pyridine rings is 1. The fourth-order valence-corrected chi connectivity index (χ4v) is 7.61. The van der Waals surface area contributed by atoms with Crippen LogP contribution >= 0.6 is 27.3 Å². The lowest BCUT2D eigenvalue weighted by atomic mass is 10.00. The molecule has 0 aliphatic carbocycles. The molecular formula is C19H24BrN3O3S2.